The van der Waals surface area contributed by atoms with Crippen molar-refractivity contribution in [3.8, 4) is 22.8 Å². The molecule has 1 aliphatic carbocycles. The number of rotatable bonds is 9. The van der Waals surface area contributed by atoms with Gasteiger partial charge in [-0.3, -0.25) is 0 Å². The Kier molecular flexibility index (Phi) is 7.38. The third-order valence-electron chi connectivity index (χ3n) is 7.71. The van der Waals surface area contributed by atoms with Gasteiger partial charge in [0.15, 0.2) is 5.13 Å². The Morgan fingerprint density at radius 3 is 2.59 bits per heavy atom. The molecule has 0 bridgehead atoms. The molecule has 2 aromatic heterocycles. The first kappa shape index (κ1) is 28.9. The van der Waals surface area contributed by atoms with Crippen molar-refractivity contribution in [2.24, 2.45) is 0 Å². The minimum absolute atomic E-state index is 0.131. The smallest absolute Gasteiger partial charge is 0.489 e. The van der Waals surface area contributed by atoms with Gasteiger partial charge in [-0.2, -0.15) is 4.37 Å². The Balaban J connectivity index is 1.05. The van der Waals surface area contributed by atoms with E-state index >= 15 is 0 Å². The Hall–Kier alpha value is -3.87. The van der Waals surface area contributed by atoms with Gasteiger partial charge in [-0.15, -0.1) is 13.2 Å². The van der Waals surface area contributed by atoms with E-state index in [-0.39, 0.29) is 29.4 Å². The fourth-order valence-corrected chi connectivity index (χ4v) is 7.71. The Labute approximate surface area is 262 Å². The summed E-state index contributed by atoms with van der Waals surface area (Å²) in [6.07, 6.45) is -2.80. The molecule has 0 radical (unpaired) electrons. The van der Waals surface area contributed by atoms with Gasteiger partial charge in [-0.1, -0.05) is 41.1 Å². The first-order valence-corrected chi connectivity index (χ1v) is 15.7. The van der Waals surface area contributed by atoms with Gasteiger partial charge in [0.2, 0.25) is 0 Å². The van der Waals surface area contributed by atoms with E-state index in [9.17, 15) is 23.1 Å². The summed E-state index contributed by atoms with van der Waals surface area (Å²) in [5.74, 6) is -0.194. The van der Waals surface area contributed by atoms with Crippen molar-refractivity contribution in [2.45, 2.75) is 37.6 Å². The molecule has 0 unspecified atom stereocenters. The van der Waals surface area contributed by atoms with Crippen molar-refractivity contribution in [1.29, 1.82) is 0 Å². The van der Waals surface area contributed by atoms with Crippen molar-refractivity contribution in [3.63, 3.8) is 0 Å². The van der Waals surface area contributed by atoms with Gasteiger partial charge in [0.25, 0.3) is 0 Å². The zero-order valence-electron chi connectivity index (χ0n) is 22.8. The maximum absolute atomic E-state index is 13.1. The molecular weight excluding hydrogens is 635 g/mol. The summed E-state index contributed by atoms with van der Waals surface area (Å²) in [5, 5.41) is 10.7. The lowest BCUT2D eigenvalue weighted by molar-refractivity contribution is -0.274. The average Bonchev–Trinajstić information content (AvgIpc) is 3.57. The zero-order chi connectivity index (χ0) is 30.6. The molecule has 3 aromatic carbocycles. The summed E-state index contributed by atoms with van der Waals surface area (Å²) >= 11 is 9.46. The van der Waals surface area contributed by atoms with Crippen molar-refractivity contribution in [3.05, 3.63) is 87.3 Å². The molecule has 3 heterocycles. The van der Waals surface area contributed by atoms with Crippen LogP contribution in [0.25, 0.3) is 21.5 Å². The highest BCUT2D eigenvalue weighted by atomic mass is 35.5. The number of fused-ring (bicyclic) bond motifs is 1. The van der Waals surface area contributed by atoms with Gasteiger partial charge in [-0.25, -0.2) is 9.78 Å². The number of carbonyl (C=O) groups is 1. The second kappa shape index (κ2) is 11.2. The Morgan fingerprint density at radius 2 is 1.86 bits per heavy atom. The Morgan fingerprint density at radius 1 is 1.07 bits per heavy atom. The molecular formula is C31H23ClF3N3O4S2. The lowest BCUT2D eigenvalue weighted by atomic mass is 9.92. The van der Waals surface area contributed by atoms with Gasteiger partial charge in [0, 0.05) is 40.0 Å². The fourth-order valence-electron chi connectivity index (χ4n) is 5.31. The second-order valence-electron chi connectivity index (χ2n) is 10.8. The van der Waals surface area contributed by atoms with Crippen LogP contribution < -0.4 is 14.4 Å². The molecule has 2 aliphatic rings. The number of carboxylic acid groups (broad SMARTS) is 1. The summed E-state index contributed by atoms with van der Waals surface area (Å²) in [5.41, 5.74) is 3.45. The highest BCUT2D eigenvalue weighted by molar-refractivity contribution is 7.22. The molecule has 2 fully saturated rings. The molecule has 44 heavy (non-hydrogen) atoms. The number of carboxylic acids is 1. The summed E-state index contributed by atoms with van der Waals surface area (Å²) in [6, 6.07) is 16.5. The van der Waals surface area contributed by atoms with Crippen LogP contribution in [0.15, 0.2) is 60.7 Å². The van der Waals surface area contributed by atoms with E-state index in [0.29, 0.717) is 22.4 Å². The highest BCUT2D eigenvalue weighted by Gasteiger charge is 2.35. The van der Waals surface area contributed by atoms with E-state index in [1.165, 1.54) is 35.0 Å². The number of hydrogen-bond donors (Lipinski definition) is 1. The predicted octanol–water partition coefficient (Wildman–Crippen LogP) is 8.73. The third kappa shape index (κ3) is 5.81. The van der Waals surface area contributed by atoms with Crippen LogP contribution in [0.2, 0.25) is 5.02 Å². The van der Waals surface area contributed by atoms with Crippen LogP contribution in [0.3, 0.4) is 0 Å². The van der Waals surface area contributed by atoms with Crippen LogP contribution in [-0.4, -0.2) is 39.9 Å². The van der Waals surface area contributed by atoms with Crippen molar-refractivity contribution in [2.75, 3.05) is 18.0 Å². The molecule has 13 heteroatoms. The monoisotopic (exact) mass is 657 g/mol. The van der Waals surface area contributed by atoms with E-state index in [4.69, 9.17) is 16.3 Å². The maximum atomic E-state index is 13.1. The van der Waals surface area contributed by atoms with Gasteiger partial charge >= 0.3 is 12.3 Å². The normalized spacial score (nSPS) is 15.4. The Bertz CT molecular complexity index is 1880. The van der Waals surface area contributed by atoms with E-state index in [1.54, 1.807) is 36.4 Å². The van der Waals surface area contributed by atoms with Crippen molar-refractivity contribution < 1.29 is 32.5 Å². The third-order valence-corrected chi connectivity index (χ3v) is 10.2. The molecule has 1 N–H and O–H groups in total. The van der Waals surface area contributed by atoms with Crippen LogP contribution in [0.4, 0.5) is 18.3 Å². The molecule has 7 nitrogen and oxygen atoms in total. The average molecular weight is 658 g/mol. The molecule has 226 valence electrons. The molecule has 1 saturated heterocycles. The molecule has 0 atom stereocenters. The lowest BCUT2D eigenvalue weighted by Crippen LogP contribution is -2.45. The summed E-state index contributed by atoms with van der Waals surface area (Å²) in [4.78, 5) is 19.1. The summed E-state index contributed by atoms with van der Waals surface area (Å²) in [7, 11) is 0. The van der Waals surface area contributed by atoms with Crippen LogP contribution in [-0.2, 0) is 6.61 Å². The number of halogens is 4. The number of benzene rings is 3. The van der Waals surface area contributed by atoms with Gasteiger partial charge < -0.3 is 19.5 Å². The fraction of sp³-hybridized carbons (Fsp3) is 0.258. The number of aromatic carboxylic acids is 1. The SMILES string of the molecule is O=C(O)c1ccc2nc(N3CC(c4ccc(OCc5c(-c6ccccc6OC(F)(F)F)nsc5C5CC5)cc4Cl)C3)sc2c1. The molecule has 5 aromatic rings. The number of ether oxygens (including phenoxy) is 2. The van der Waals surface area contributed by atoms with E-state index in [0.717, 1.165) is 57.3 Å². The van der Waals surface area contributed by atoms with Gasteiger partial charge in [-0.05, 0) is 78.3 Å². The molecule has 7 rings (SSSR count). The number of para-hydroxylation sites is 1. The highest BCUT2D eigenvalue weighted by Crippen LogP contribution is 2.48. The van der Waals surface area contributed by atoms with Crippen LogP contribution in [0.1, 0.15) is 51.0 Å². The first-order chi connectivity index (χ1) is 21.1. The minimum atomic E-state index is -4.82. The summed E-state index contributed by atoms with van der Waals surface area (Å²) in [6.45, 7) is 1.57. The summed E-state index contributed by atoms with van der Waals surface area (Å²) < 4.78 is 55.1. The quantitative estimate of drug-likeness (QED) is 0.170. The zero-order valence-corrected chi connectivity index (χ0v) is 25.2. The number of aromatic nitrogens is 2. The maximum Gasteiger partial charge on any atom is 0.573 e. The molecule has 1 aliphatic heterocycles. The predicted molar refractivity (Wildman–Crippen MR) is 164 cm³/mol. The topological polar surface area (TPSA) is 84.8 Å². The van der Waals surface area contributed by atoms with E-state index < -0.39 is 12.3 Å². The number of alkyl halides is 3. The number of thiazole rings is 1. The number of anilines is 1. The van der Waals surface area contributed by atoms with Crippen LogP contribution in [0.5, 0.6) is 11.5 Å². The second-order valence-corrected chi connectivity index (χ2v) is 13.0. The number of hydrogen-bond acceptors (Lipinski definition) is 8. The number of nitrogens with zero attached hydrogens (tertiary/aromatic N) is 3. The van der Waals surface area contributed by atoms with Crippen LogP contribution >= 0.6 is 34.5 Å². The van der Waals surface area contributed by atoms with E-state index in [1.807, 2.05) is 12.1 Å². The first-order valence-electron chi connectivity index (χ1n) is 13.8. The molecule has 0 spiro atoms. The van der Waals surface area contributed by atoms with Crippen molar-refractivity contribution in [1.82, 2.24) is 9.36 Å². The minimum Gasteiger partial charge on any atom is -0.489 e. The standard InChI is InChI=1S/C31H23ClF3N3O4S2/c32-23-12-19(8-9-20(23)18-13-38(14-18)30-36-24-10-7-17(29(39)40)11-26(24)43-30)41-15-22-27(37-44-28(22)16-5-6-16)21-3-1-2-4-25(21)42-31(33,34)35/h1-4,7-12,16,18H,5-6,13-15H2,(H,39,40). The molecule has 1 saturated carbocycles. The lowest BCUT2D eigenvalue weighted by Gasteiger charge is -2.39. The van der Waals surface area contributed by atoms with E-state index in [2.05, 4.69) is 19.0 Å². The van der Waals surface area contributed by atoms with Crippen molar-refractivity contribution >= 4 is 55.8 Å². The van der Waals surface area contributed by atoms with Gasteiger partial charge in [0.05, 0.1) is 21.5 Å². The van der Waals surface area contributed by atoms with Crippen LogP contribution in [0, 0.1) is 0 Å². The molecule has 0 amide bonds. The van der Waals surface area contributed by atoms with Gasteiger partial charge in [0.1, 0.15) is 18.1 Å². The largest absolute Gasteiger partial charge is 0.573 e.